The molecule has 0 saturated carbocycles. The van der Waals surface area contributed by atoms with Crippen molar-refractivity contribution in [3.63, 3.8) is 0 Å². The molecule has 0 unspecified atom stereocenters. The minimum absolute atomic E-state index is 0.0356. The molecule has 4 N–H and O–H groups in total. The van der Waals surface area contributed by atoms with Crippen LogP contribution in [0.1, 0.15) is 16.0 Å². The Bertz CT molecular complexity index is 1090. The standard InChI is InChI=1S/C17H19N5O3S2/c1-10-11(2)26-17-15(10)16(21-9-22-17)20-8-14(23)19-7-12-3-5-13(6-4-12)27(18,24)25/h3-6,9H,7-8H2,1-2H3,(H,19,23)(H2,18,24,25)(H,20,21,22). The zero-order chi connectivity index (χ0) is 19.6. The average molecular weight is 406 g/mol. The summed E-state index contributed by atoms with van der Waals surface area (Å²) in [6, 6.07) is 6.04. The number of hydrogen-bond donors (Lipinski definition) is 3. The molecule has 0 aliphatic rings. The predicted octanol–water partition coefficient (Wildman–Crippen LogP) is 1.68. The number of benzene rings is 1. The molecule has 27 heavy (non-hydrogen) atoms. The molecule has 2 aromatic heterocycles. The topological polar surface area (TPSA) is 127 Å². The molecule has 0 radical (unpaired) electrons. The fourth-order valence-corrected chi connectivity index (χ4v) is 4.05. The number of aryl methyl sites for hydroxylation is 2. The van der Waals surface area contributed by atoms with Crippen molar-refractivity contribution in [2.75, 3.05) is 11.9 Å². The molecule has 142 valence electrons. The van der Waals surface area contributed by atoms with Crippen LogP contribution in [0, 0.1) is 13.8 Å². The molecule has 1 amide bonds. The van der Waals surface area contributed by atoms with Gasteiger partial charge in [0, 0.05) is 11.4 Å². The molecule has 2 heterocycles. The van der Waals surface area contributed by atoms with Gasteiger partial charge >= 0.3 is 0 Å². The van der Waals surface area contributed by atoms with Crippen LogP contribution < -0.4 is 15.8 Å². The van der Waals surface area contributed by atoms with Gasteiger partial charge in [-0.25, -0.2) is 23.5 Å². The predicted molar refractivity (Wildman–Crippen MR) is 105 cm³/mol. The Labute approximate surface area is 160 Å². The lowest BCUT2D eigenvalue weighted by Gasteiger charge is -2.09. The third-order valence-corrected chi connectivity index (χ3v) is 6.17. The molecule has 3 rings (SSSR count). The highest BCUT2D eigenvalue weighted by atomic mass is 32.2. The summed E-state index contributed by atoms with van der Waals surface area (Å²) in [4.78, 5) is 22.7. The summed E-state index contributed by atoms with van der Waals surface area (Å²) in [5.41, 5.74) is 1.87. The van der Waals surface area contributed by atoms with E-state index in [2.05, 4.69) is 20.6 Å². The number of rotatable bonds is 6. The molecular weight excluding hydrogens is 386 g/mol. The fraction of sp³-hybridized carbons (Fsp3) is 0.235. The van der Waals surface area contributed by atoms with E-state index >= 15 is 0 Å². The number of nitrogens with zero attached hydrogens (tertiary/aromatic N) is 2. The van der Waals surface area contributed by atoms with Gasteiger partial charge in [-0.1, -0.05) is 12.1 Å². The lowest BCUT2D eigenvalue weighted by Crippen LogP contribution is -2.29. The number of nitrogens with two attached hydrogens (primary N) is 1. The molecule has 8 nitrogen and oxygen atoms in total. The van der Waals surface area contributed by atoms with Crippen LogP contribution in [0.5, 0.6) is 0 Å². The number of anilines is 1. The minimum Gasteiger partial charge on any atom is -0.360 e. The number of carbonyl (C=O) groups is 1. The van der Waals surface area contributed by atoms with Crippen molar-refractivity contribution in [2.45, 2.75) is 25.3 Å². The van der Waals surface area contributed by atoms with E-state index in [1.807, 2.05) is 13.8 Å². The highest BCUT2D eigenvalue weighted by Gasteiger charge is 2.13. The Hall–Kier alpha value is -2.56. The van der Waals surface area contributed by atoms with Crippen LogP contribution in [-0.2, 0) is 21.4 Å². The quantitative estimate of drug-likeness (QED) is 0.573. The first-order valence-corrected chi connectivity index (χ1v) is 10.4. The number of nitrogens with one attached hydrogen (secondary N) is 2. The molecule has 0 aliphatic carbocycles. The van der Waals surface area contributed by atoms with E-state index in [-0.39, 0.29) is 23.9 Å². The Morgan fingerprint density at radius 3 is 2.56 bits per heavy atom. The molecule has 1 aromatic carbocycles. The van der Waals surface area contributed by atoms with Crippen LogP contribution in [0.25, 0.3) is 10.2 Å². The van der Waals surface area contributed by atoms with Gasteiger partial charge in [0.2, 0.25) is 15.9 Å². The number of hydrogen-bond acceptors (Lipinski definition) is 7. The number of amides is 1. The van der Waals surface area contributed by atoms with Crippen LogP contribution in [0.4, 0.5) is 5.82 Å². The van der Waals surface area contributed by atoms with Gasteiger partial charge in [0.15, 0.2) is 0 Å². The Morgan fingerprint density at radius 2 is 1.89 bits per heavy atom. The lowest BCUT2D eigenvalue weighted by atomic mass is 10.2. The first kappa shape index (κ1) is 19.2. The van der Waals surface area contributed by atoms with Crippen molar-refractivity contribution < 1.29 is 13.2 Å². The summed E-state index contributed by atoms with van der Waals surface area (Å²) < 4.78 is 22.5. The van der Waals surface area contributed by atoms with E-state index < -0.39 is 10.0 Å². The third-order valence-electron chi connectivity index (χ3n) is 4.12. The van der Waals surface area contributed by atoms with Gasteiger partial charge in [-0.15, -0.1) is 11.3 Å². The normalized spacial score (nSPS) is 11.5. The van der Waals surface area contributed by atoms with Crippen LogP contribution >= 0.6 is 11.3 Å². The second-order valence-corrected chi connectivity index (χ2v) is 8.77. The third kappa shape index (κ3) is 4.41. The second-order valence-electron chi connectivity index (χ2n) is 6.00. The van der Waals surface area contributed by atoms with Gasteiger partial charge in [-0.2, -0.15) is 0 Å². The largest absolute Gasteiger partial charge is 0.360 e. The van der Waals surface area contributed by atoms with Crippen molar-refractivity contribution >= 4 is 43.3 Å². The number of primary sulfonamides is 1. The van der Waals surface area contributed by atoms with E-state index in [4.69, 9.17) is 5.14 Å². The molecule has 0 aliphatic heterocycles. The van der Waals surface area contributed by atoms with Gasteiger partial charge in [-0.3, -0.25) is 4.79 Å². The molecule has 0 spiro atoms. The minimum atomic E-state index is -3.72. The van der Waals surface area contributed by atoms with Crippen molar-refractivity contribution in [3.8, 4) is 0 Å². The van der Waals surface area contributed by atoms with Crippen LogP contribution in [0.15, 0.2) is 35.5 Å². The maximum absolute atomic E-state index is 12.1. The van der Waals surface area contributed by atoms with Gasteiger partial charge < -0.3 is 10.6 Å². The van der Waals surface area contributed by atoms with Crippen LogP contribution in [-0.4, -0.2) is 30.8 Å². The number of thiophene rings is 1. The Balaban J connectivity index is 1.59. The van der Waals surface area contributed by atoms with Crippen molar-refractivity contribution in [1.29, 1.82) is 0 Å². The molecular formula is C17H19N5O3S2. The SMILES string of the molecule is Cc1sc2ncnc(NCC(=O)NCc3ccc(S(N)(=O)=O)cc3)c2c1C. The number of carbonyl (C=O) groups excluding carboxylic acids is 1. The average Bonchev–Trinajstić information content (AvgIpc) is 2.92. The van der Waals surface area contributed by atoms with E-state index in [1.54, 1.807) is 23.5 Å². The Morgan fingerprint density at radius 1 is 1.19 bits per heavy atom. The molecule has 10 heteroatoms. The zero-order valence-electron chi connectivity index (χ0n) is 14.8. The van der Waals surface area contributed by atoms with Gasteiger partial charge in [-0.05, 0) is 37.1 Å². The van der Waals surface area contributed by atoms with Gasteiger partial charge in [0.05, 0.1) is 16.8 Å². The summed E-state index contributed by atoms with van der Waals surface area (Å²) in [5.74, 6) is 0.427. The van der Waals surface area contributed by atoms with Crippen molar-refractivity contribution in [1.82, 2.24) is 15.3 Å². The molecule has 3 aromatic rings. The number of fused-ring (bicyclic) bond motifs is 1. The molecule has 0 saturated heterocycles. The maximum Gasteiger partial charge on any atom is 0.239 e. The lowest BCUT2D eigenvalue weighted by molar-refractivity contribution is -0.119. The number of aromatic nitrogens is 2. The monoisotopic (exact) mass is 405 g/mol. The van der Waals surface area contributed by atoms with E-state index in [9.17, 15) is 13.2 Å². The summed E-state index contributed by atoms with van der Waals surface area (Å²) in [6.07, 6.45) is 1.48. The highest BCUT2D eigenvalue weighted by molar-refractivity contribution is 7.89. The summed E-state index contributed by atoms with van der Waals surface area (Å²) >= 11 is 1.59. The summed E-state index contributed by atoms with van der Waals surface area (Å²) in [7, 11) is -3.72. The molecule has 0 atom stereocenters. The van der Waals surface area contributed by atoms with E-state index in [1.165, 1.54) is 23.3 Å². The fourth-order valence-electron chi connectivity index (χ4n) is 2.54. The first-order valence-electron chi connectivity index (χ1n) is 8.08. The van der Waals surface area contributed by atoms with Crippen molar-refractivity contribution in [3.05, 3.63) is 46.6 Å². The van der Waals surface area contributed by atoms with E-state index in [0.717, 1.165) is 21.3 Å². The Kier molecular flexibility index (Phi) is 5.40. The molecule has 0 bridgehead atoms. The maximum atomic E-state index is 12.1. The highest BCUT2D eigenvalue weighted by Crippen LogP contribution is 2.32. The summed E-state index contributed by atoms with van der Waals surface area (Å²) in [5, 5.41) is 11.8. The van der Waals surface area contributed by atoms with Crippen LogP contribution in [0.3, 0.4) is 0 Å². The van der Waals surface area contributed by atoms with Crippen LogP contribution in [0.2, 0.25) is 0 Å². The zero-order valence-corrected chi connectivity index (χ0v) is 16.4. The second kappa shape index (κ2) is 7.59. The van der Waals surface area contributed by atoms with E-state index in [0.29, 0.717) is 5.82 Å². The summed E-state index contributed by atoms with van der Waals surface area (Å²) in [6.45, 7) is 4.38. The first-order chi connectivity index (χ1) is 12.8. The van der Waals surface area contributed by atoms with Gasteiger partial charge in [0.25, 0.3) is 0 Å². The molecule has 0 fully saturated rings. The van der Waals surface area contributed by atoms with Crippen molar-refractivity contribution in [2.24, 2.45) is 5.14 Å². The number of sulfonamides is 1. The smallest absolute Gasteiger partial charge is 0.239 e. The van der Waals surface area contributed by atoms with Gasteiger partial charge in [0.1, 0.15) is 17.0 Å².